The van der Waals surface area contributed by atoms with Crippen LogP contribution in [0.2, 0.25) is 0 Å². The standard InChI is InChI=1S/C24H26Cl2/c1-13-15-3-4-16-14(2)24(12-26)22-10-9-21(23(13)11-25)19-7-8-20(22)18(16)6-5-17(15)19/h3-12H2,1-2H3. The van der Waals surface area contributed by atoms with E-state index in [-0.39, 0.29) is 0 Å². The zero-order valence-electron chi connectivity index (χ0n) is 15.8. The van der Waals surface area contributed by atoms with Gasteiger partial charge in [-0.05, 0) is 132 Å². The van der Waals surface area contributed by atoms with Crippen LogP contribution in [0.25, 0.3) is 0 Å². The van der Waals surface area contributed by atoms with Gasteiger partial charge in [0.15, 0.2) is 0 Å². The third-order valence-electron chi connectivity index (χ3n) is 7.49. The lowest BCUT2D eigenvalue weighted by Gasteiger charge is -2.35. The molecular formula is C24H26Cl2. The second-order valence-electron chi connectivity index (χ2n) is 8.30. The highest BCUT2D eigenvalue weighted by Gasteiger charge is 2.30. The summed E-state index contributed by atoms with van der Waals surface area (Å²) in [5, 5.41) is 0. The maximum atomic E-state index is 6.49. The predicted octanol–water partition coefficient (Wildman–Crippen LogP) is 5.86. The van der Waals surface area contributed by atoms with Crippen molar-refractivity contribution >= 4 is 23.2 Å². The van der Waals surface area contributed by atoms with Crippen molar-refractivity contribution in [3.63, 3.8) is 0 Å². The van der Waals surface area contributed by atoms with Gasteiger partial charge in [0, 0.05) is 11.8 Å². The lowest BCUT2D eigenvalue weighted by atomic mass is 9.70. The number of hydrogen-bond acceptors (Lipinski definition) is 0. The Morgan fingerprint density at radius 1 is 0.462 bits per heavy atom. The molecule has 0 radical (unpaired) electrons. The molecule has 0 spiro atoms. The second kappa shape index (κ2) is 6.28. The van der Waals surface area contributed by atoms with Crippen molar-refractivity contribution in [3.8, 4) is 0 Å². The van der Waals surface area contributed by atoms with E-state index < -0.39 is 0 Å². The minimum atomic E-state index is 0.651. The second-order valence-corrected chi connectivity index (χ2v) is 8.84. The summed E-state index contributed by atoms with van der Waals surface area (Å²) in [5.41, 5.74) is 18.9. The largest absolute Gasteiger partial charge is 0.122 e. The normalized spacial score (nSPS) is 17.1. The summed E-state index contributed by atoms with van der Waals surface area (Å²) < 4.78 is 0. The van der Waals surface area contributed by atoms with Crippen LogP contribution < -0.4 is 0 Å². The van der Waals surface area contributed by atoms with Crippen LogP contribution in [-0.2, 0) is 63.1 Å². The summed E-state index contributed by atoms with van der Waals surface area (Å²) in [4.78, 5) is 0. The lowest BCUT2D eigenvalue weighted by Crippen LogP contribution is -2.24. The molecule has 4 bridgehead atoms. The number of rotatable bonds is 2. The molecule has 0 fully saturated rings. The predicted molar refractivity (Wildman–Crippen MR) is 111 cm³/mol. The van der Waals surface area contributed by atoms with Gasteiger partial charge in [0.1, 0.15) is 0 Å². The van der Waals surface area contributed by atoms with Gasteiger partial charge in [-0.15, -0.1) is 23.2 Å². The van der Waals surface area contributed by atoms with Gasteiger partial charge < -0.3 is 0 Å². The molecule has 2 aromatic rings. The molecule has 2 aromatic carbocycles. The van der Waals surface area contributed by atoms with Crippen molar-refractivity contribution in [1.29, 1.82) is 0 Å². The number of fused-ring (bicyclic) bond motifs is 2. The molecule has 0 amide bonds. The monoisotopic (exact) mass is 384 g/mol. The number of halogens is 2. The van der Waals surface area contributed by atoms with Gasteiger partial charge in [-0.2, -0.15) is 0 Å². The molecule has 3 aliphatic carbocycles. The maximum Gasteiger partial charge on any atom is 0.0479 e. The maximum absolute atomic E-state index is 6.49. The summed E-state index contributed by atoms with van der Waals surface area (Å²) in [7, 11) is 0. The van der Waals surface area contributed by atoms with E-state index in [1.54, 1.807) is 44.5 Å². The van der Waals surface area contributed by atoms with Crippen molar-refractivity contribution in [2.75, 3.05) is 0 Å². The van der Waals surface area contributed by atoms with E-state index in [0.717, 1.165) is 25.7 Å². The first kappa shape index (κ1) is 17.1. The van der Waals surface area contributed by atoms with Crippen LogP contribution in [0.3, 0.4) is 0 Å². The van der Waals surface area contributed by atoms with E-state index in [2.05, 4.69) is 13.8 Å². The molecule has 0 saturated heterocycles. The fourth-order valence-corrected chi connectivity index (χ4v) is 6.94. The Hall–Kier alpha value is -0.980. The first-order chi connectivity index (χ1) is 12.7. The zero-order valence-corrected chi connectivity index (χ0v) is 17.3. The van der Waals surface area contributed by atoms with Gasteiger partial charge in [-0.3, -0.25) is 0 Å². The molecule has 0 atom stereocenters. The number of hydrogen-bond donors (Lipinski definition) is 0. The molecule has 0 saturated carbocycles. The minimum Gasteiger partial charge on any atom is -0.122 e. The molecule has 136 valence electrons. The SMILES string of the molecule is Cc1c(CCl)c2c3c4c1CCc1c(C)c(CCl)c(c(c1CC4)CC3)CC2. The van der Waals surface area contributed by atoms with Crippen molar-refractivity contribution in [2.45, 2.75) is 77.0 Å². The van der Waals surface area contributed by atoms with Crippen LogP contribution in [0.1, 0.15) is 66.8 Å². The molecular weight excluding hydrogens is 359 g/mol. The van der Waals surface area contributed by atoms with Gasteiger partial charge in [0.05, 0.1) is 0 Å². The molecule has 2 heteroatoms. The van der Waals surface area contributed by atoms with Crippen molar-refractivity contribution in [2.24, 2.45) is 0 Å². The number of benzene rings is 2. The summed E-state index contributed by atoms with van der Waals surface area (Å²) in [6, 6.07) is 0. The third-order valence-corrected chi connectivity index (χ3v) is 8.03. The van der Waals surface area contributed by atoms with Crippen molar-refractivity contribution in [3.05, 3.63) is 66.8 Å². The Balaban J connectivity index is 1.90. The molecule has 3 aliphatic rings. The van der Waals surface area contributed by atoms with Gasteiger partial charge >= 0.3 is 0 Å². The quantitative estimate of drug-likeness (QED) is 0.568. The zero-order chi connectivity index (χ0) is 18.0. The van der Waals surface area contributed by atoms with Crippen LogP contribution in [0.5, 0.6) is 0 Å². The molecule has 0 nitrogen and oxygen atoms in total. The highest BCUT2D eigenvalue weighted by molar-refractivity contribution is 6.17. The van der Waals surface area contributed by atoms with Crippen LogP contribution in [0.15, 0.2) is 0 Å². The van der Waals surface area contributed by atoms with E-state index in [1.807, 2.05) is 0 Å². The smallest absolute Gasteiger partial charge is 0.0479 e. The van der Waals surface area contributed by atoms with E-state index in [0.29, 0.717) is 11.8 Å². The Morgan fingerprint density at radius 3 is 1.08 bits per heavy atom. The Bertz CT molecular complexity index is 859. The first-order valence-corrected chi connectivity index (χ1v) is 11.1. The molecule has 26 heavy (non-hydrogen) atoms. The van der Waals surface area contributed by atoms with Crippen LogP contribution >= 0.6 is 23.2 Å². The van der Waals surface area contributed by atoms with Crippen molar-refractivity contribution < 1.29 is 0 Å². The summed E-state index contributed by atoms with van der Waals surface area (Å²) in [6.07, 6.45) is 9.36. The van der Waals surface area contributed by atoms with Gasteiger partial charge in [-0.25, -0.2) is 0 Å². The third kappa shape index (κ3) is 2.21. The highest BCUT2D eigenvalue weighted by atomic mass is 35.5. The van der Waals surface area contributed by atoms with Crippen LogP contribution in [0.4, 0.5) is 0 Å². The van der Waals surface area contributed by atoms with E-state index >= 15 is 0 Å². The van der Waals surface area contributed by atoms with Crippen molar-refractivity contribution in [1.82, 2.24) is 0 Å². The van der Waals surface area contributed by atoms with Crippen LogP contribution in [-0.4, -0.2) is 0 Å². The van der Waals surface area contributed by atoms with E-state index in [4.69, 9.17) is 23.2 Å². The fourth-order valence-electron chi connectivity index (χ4n) is 6.21. The number of alkyl halides is 2. The molecule has 0 heterocycles. The first-order valence-electron chi connectivity index (χ1n) is 10.1. The minimum absolute atomic E-state index is 0.651. The Kier molecular flexibility index (Phi) is 4.14. The lowest BCUT2D eigenvalue weighted by molar-refractivity contribution is 0.722. The summed E-state index contributed by atoms with van der Waals surface area (Å²) in [5.74, 6) is 1.30. The Labute approximate surface area is 166 Å². The topological polar surface area (TPSA) is 0 Å². The van der Waals surface area contributed by atoms with Gasteiger partial charge in [-0.1, -0.05) is 0 Å². The fraction of sp³-hybridized carbons (Fsp3) is 0.500. The average molecular weight is 385 g/mol. The molecule has 0 N–H and O–H groups in total. The molecule has 0 unspecified atom stereocenters. The van der Waals surface area contributed by atoms with Crippen LogP contribution in [0, 0.1) is 13.8 Å². The Morgan fingerprint density at radius 2 is 0.731 bits per heavy atom. The van der Waals surface area contributed by atoms with E-state index in [9.17, 15) is 0 Å². The average Bonchev–Trinajstić information content (AvgIpc) is 2.58. The van der Waals surface area contributed by atoms with E-state index in [1.165, 1.54) is 47.9 Å². The van der Waals surface area contributed by atoms with Gasteiger partial charge in [0.25, 0.3) is 0 Å². The van der Waals surface area contributed by atoms with Gasteiger partial charge in [0.2, 0.25) is 0 Å². The molecule has 5 rings (SSSR count). The molecule has 0 aromatic heterocycles. The summed E-state index contributed by atoms with van der Waals surface area (Å²) in [6.45, 7) is 4.65. The summed E-state index contributed by atoms with van der Waals surface area (Å²) >= 11 is 13.0. The molecule has 0 aliphatic heterocycles. The highest BCUT2D eigenvalue weighted by Crippen LogP contribution is 2.42.